The Morgan fingerprint density at radius 2 is 1.84 bits per heavy atom. The second-order valence-corrected chi connectivity index (χ2v) is 3.40. The predicted octanol–water partition coefficient (Wildman–Crippen LogP) is 1.70. The van der Waals surface area contributed by atoms with Crippen LogP contribution in [-0.2, 0) is 9.59 Å². The first-order valence-corrected chi connectivity index (χ1v) is 5.01. The number of hydrogen-bond acceptors (Lipinski definition) is 4. The summed E-state index contributed by atoms with van der Waals surface area (Å²) in [6.07, 6.45) is 3.49. The van der Waals surface area contributed by atoms with E-state index in [0.717, 1.165) is 6.08 Å². The van der Waals surface area contributed by atoms with Crippen LogP contribution >= 0.6 is 0 Å². The fourth-order valence-electron chi connectivity index (χ4n) is 1.23. The van der Waals surface area contributed by atoms with E-state index in [9.17, 15) is 19.7 Å². The molecule has 7 nitrogen and oxygen atoms in total. The van der Waals surface area contributed by atoms with Crippen molar-refractivity contribution >= 4 is 23.7 Å². The summed E-state index contributed by atoms with van der Waals surface area (Å²) in [6, 6.07) is 5.63. The maximum atomic E-state index is 10.6. The zero-order chi connectivity index (χ0) is 14.4. The Hall–Kier alpha value is -2.96. The van der Waals surface area contributed by atoms with E-state index in [1.54, 1.807) is 6.07 Å². The number of nitro groups is 1. The molecule has 98 valence electrons. The van der Waals surface area contributed by atoms with Gasteiger partial charge in [0.25, 0.3) is 5.69 Å². The first-order valence-electron chi connectivity index (χ1n) is 5.01. The highest BCUT2D eigenvalue weighted by Gasteiger charge is 2.14. The largest absolute Gasteiger partial charge is 0.477 e. The van der Waals surface area contributed by atoms with Crippen molar-refractivity contribution in [2.45, 2.75) is 0 Å². The number of carboxylic acid groups (broad SMARTS) is 2. The molecule has 0 aliphatic heterocycles. The predicted molar refractivity (Wildman–Crippen MR) is 65.5 cm³/mol. The molecule has 0 unspecified atom stereocenters. The summed E-state index contributed by atoms with van der Waals surface area (Å²) in [5, 5.41) is 27.7. The van der Waals surface area contributed by atoms with Gasteiger partial charge >= 0.3 is 11.9 Å². The summed E-state index contributed by atoms with van der Waals surface area (Å²) in [4.78, 5) is 31.1. The van der Waals surface area contributed by atoms with E-state index < -0.39 is 22.4 Å². The summed E-state index contributed by atoms with van der Waals surface area (Å²) >= 11 is 0. The van der Waals surface area contributed by atoms with Crippen LogP contribution in [0.25, 0.3) is 6.08 Å². The van der Waals surface area contributed by atoms with Gasteiger partial charge in [-0.15, -0.1) is 0 Å². The molecular weight excluding hydrogens is 254 g/mol. The van der Waals surface area contributed by atoms with E-state index in [4.69, 9.17) is 10.2 Å². The minimum Gasteiger partial charge on any atom is -0.477 e. The van der Waals surface area contributed by atoms with Gasteiger partial charge in [-0.3, -0.25) is 10.1 Å². The average molecular weight is 263 g/mol. The Balaban J connectivity index is 2.96. The molecule has 0 fully saturated rings. The normalized spacial score (nSPS) is 10.1. The number of hydrogen-bond donors (Lipinski definition) is 2. The van der Waals surface area contributed by atoms with E-state index in [1.165, 1.54) is 30.4 Å². The first kappa shape index (κ1) is 14.1. The van der Waals surface area contributed by atoms with Crippen molar-refractivity contribution in [3.63, 3.8) is 0 Å². The van der Waals surface area contributed by atoms with Crippen molar-refractivity contribution < 1.29 is 24.7 Å². The van der Waals surface area contributed by atoms with Gasteiger partial charge in [0.05, 0.1) is 4.92 Å². The quantitative estimate of drug-likeness (QED) is 0.208. The molecule has 0 spiro atoms. The molecule has 2 N–H and O–H groups in total. The lowest BCUT2D eigenvalue weighted by Crippen LogP contribution is -2.10. The van der Waals surface area contributed by atoms with Gasteiger partial charge in [-0.2, -0.15) is 0 Å². The lowest BCUT2D eigenvalue weighted by molar-refractivity contribution is -0.384. The SMILES string of the molecule is O=C(O)C(=CC=Cc1cccc([N+](=O)[O-])c1)C(=O)O. The van der Waals surface area contributed by atoms with Gasteiger partial charge in [0, 0.05) is 12.1 Å². The number of carboxylic acids is 2. The van der Waals surface area contributed by atoms with Gasteiger partial charge in [0.15, 0.2) is 0 Å². The number of aliphatic carboxylic acids is 2. The van der Waals surface area contributed by atoms with Gasteiger partial charge in [0.1, 0.15) is 5.57 Å². The highest BCUT2D eigenvalue weighted by Crippen LogP contribution is 2.14. The highest BCUT2D eigenvalue weighted by molar-refractivity contribution is 6.12. The molecule has 0 atom stereocenters. The smallest absolute Gasteiger partial charge is 0.343 e. The second-order valence-electron chi connectivity index (χ2n) is 3.40. The van der Waals surface area contributed by atoms with Crippen LogP contribution in [0, 0.1) is 10.1 Å². The van der Waals surface area contributed by atoms with Crippen molar-refractivity contribution in [3.8, 4) is 0 Å². The zero-order valence-corrected chi connectivity index (χ0v) is 9.52. The molecule has 0 radical (unpaired) electrons. The molecule has 1 aromatic carbocycles. The van der Waals surface area contributed by atoms with Crippen molar-refractivity contribution in [3.05, 3.63) is 57.7 Å². The van der Waals surface area contributed by atoms with Crippen LogP contribution in [-0.4, -0.2) is 27.1 Å². The molecule has 0 aliphatic rings. The molecule has 7 heteroatoms. The third-order valence-corrected chi connectivity index (χ3v) is 2.09. The number of benzene rings is 1. The number of rotatable bonds is 5. The van der Waals surface area contributed by atoms with Crippen LogP contribution in [0.3, 0.4) is 0 Å². The van der Waals surface area contributed by atoms with Gasteiger partial charge in [0.2, 0.25) is 0 Å². The van der Waals surface area contributed by atoms with Gasteiger partial charge in [-0.1, -0.05) is 24.3 Å². The molecule has 0 bridgehead atoms. The van der Waals surface area contributed by atoms with Crippen LogP contribution in [0.2, 0.25) is 0 Å². The summed E-state index contributed by atoms with van der Waals surface area (Å²) in [6.45, 7) is 0. The second kappa shape index (κ2) is 6.10. The Morgan fingerprint density at radius 3 is 2.37 bits per heavy atom. The number of carbonyl (C=O) groups is 2. The van der Waals surface area contributed by atoms with Crippen molar-refractivity contribution in [2.24, 2.45) is 0 Å². The fourth-order valence-corrected chi connectivity index (χ4v) is 1.23. The Bertz CT molecular complexity index is 572. The van der Waals surface area contributed by atoms with Crippen LogP contribution in [0.5, 0.6) is 0 Å². The van der Waals surface area contributed by atoms with Gasteiger partial charge < -0.3 is 10.2 Å². The number of allylic oxidation sites excluding steroid dienone is 2. The van der Waals surface area contributed by atoms with Crippen LogP contribution < -0.4 is 0 Å². The Labute approximate surface area is 107 Å². The van der Waals surface area contributed by atoms with Crippen molar-refractivity contribution in [1.29, 1.82) is 0 Å². The fraction of sp³-hybridized carbons (Fsp3) is 0. The number of non-ortho nitro benzene ring substituents is 1. The zero-order valence-electron chi connectivity index (χ0n) is 9.52. The first-order chi connectivity index (χ1) is 8.91. The standard InChI is InChI=1S/C12H9NO6/c14-11(15)10(12(16)17)6-2-4-8-3-1-5-9(7-8)13(18)19/h1-7H,(H,14,15)(H,16,17). The molecule has 0 saturated heterocycles. The Kier molecular flexibility index (Phi) is 4.53. The Morgan fingerprint density at radius 1 is 1.21 bits per heavy atom. The number of nitro benzene ring substituents is 1. The van der Waals surface area contributed by atoms with Crippen molar-refractivity contribution in [2.75, 3.05) is 0 Å². The maximum absolute atomic E-state index is 10.6. The summed E-state index contributed by atoms with van der Waals surface area (Å²) in [5.41, 5.74) is -0.440. The molecule has 0 heterocycles. The topological polar surface area (TPSA) is 118 Å². The molecule has 0 aromatic heterocycles. The van der Waals surface area contributed by atoms with E-state index in [2.05, 4.69) is 0 Å². The highest BCUT2D eigenvalue weighted by atomic mass is 16.6. The molecule has 0 saturated carbocycles. The molecule has 0 amide bonds. The van der Waals surface area contributed by atoms with Gasteiger partial charge in [-0.25, -0.2) is 9.59 Å². The van der Waals surface area contributed by atoms with Gasteiger partial charge in [-0.05, 0) is 11.6 Å². The maximum Gasteiger partial charge on any atom is 0.343 e. The molecule has 1 aromatic rings. The van der Waals surface area contributed by atoms with E-state index in [0.29, 0.717) is 5.56 Å². The molecule has 0 aliphatic carbocycles. The minimum absolute atomic E-state index is 0.108. The summed E-state index contributed by atoms with van der Waals surface area (Å²) in [5.74, 6) is -3.12. The third-order valence-electron chi connectivity index (χ3n) is 2.09. The van der Waals surface area contributed by atoms with E-state index in [-0.39, 0.29) is 5.69 Å². The summed E-state index contributed by atoms with van der Waals surface area (Å²) < 4.78 is 0. The third kappa shape index (κ3) is 4.08. The molecular formula is C12H9NO6. The monoisotopic (exact) mass is 263 g/mol. The lowest BCUT2D eigenvalue weighted by Gasteiger charge is -1.94. The summed E-state index contributed by atoms with van der Waals surface area (Å²) in [7, 11) is 0. The number of nitrogens with zero attached hydrogens (tertiary/aromatic N) is 1. The van der Waals surface area contributed by atoms with Crippen LogP contribution in [0.1, 0.15) is 5.56 Å². The average Bonchev–Trinajstić information content (AvgIpc) is 2.34. The van der Waals surface area contributed by atoms with Crippen molar-refractivity contribution in [1.82, 2.24) is 0 Å². The minimum atomic E-state index is -1.56. The molecule has 19 heavy (non-hydrogen) atoms. The lowest BCUT2D eigenvalue weighted by atomic mass is 10.1. The molecule has 1 rings (SSSR count). The van der Waals surface area contributed by atoms with E-state index in [1.807, 2.05) is 0 Å². The van der Waals surface area contributed by atoms with E-state index >= 15 is 0 Å². The van der Waals surface area contributed by atoms with Crippen LogP contribution in [0.15, 0.2) is 42.0 Å². The van der Waals surface area contributed by atoms with Crippen LogP contribution in [0.4, 0.5) is 5.69 Å².